The highest BCUT2D eigenvalue weighted by molar-refractivity contribution is 6.31. The molecule has 1 saturated carbocycles. The van der Waals surface area contributed by atoms with Gasteiger partial charge in [-0.05, 0) is 30.5 Å². The third-order valence-electron chi connectivity index (χ3n) is 3.85. The molecule has 0 radical (unpaired) electrons. The molecule has 1 N–H and O–H groups in total. The molecule has 0 aliphatic heterocycles. The van der Waals surface area contributed by atoms with Crippen LogP contribution in [0.3, 0.4) is 0 Å². The maximum absolute atomic E-state index is 6.24. The fourth-order valence-electron chi connectivity index (χ4n) is 2.68. The van der Waals surface area contributed by atoms with E-state index in [9.17, 15) is 0 Å². The number of nitrogens with one attached hydrogen (secondary N) is 1. The van der Waals surface area contributed by atoms with Crippen LogP contribution in [0, 0.1) is 0 Å². The van der Waals surface area contributed by atoms with E-state index in [-0.39, 0.29) is 0 Å². The first-order valence-corrected chi connectivity index (χ1v) is 7.19. The lowest BCUT2D eigenvalue weighted by atomic mass is 10.1. The van der Waals surface area contributed by atoms with Crippen LogP contribution in [0.1, 0.15) is 36.4 Å². The predicted molar refractivity (Wildman–Crippen MR) is 80.6 cm³/mol. The molecule has 19 heavy (non-hydrogen) atoms. The zero-order valence-electron chi connectivity index (χ0n) is 11.0. The van der Waals surface area contributed by atoms with Crippen molar-refractivity contribution in [1.82, 2.24) is 5.32 Å². The Morgan fingerprint density at radius 1 is 1.05 bits per heavy atom. The van der Waals surface area contributed by atoms with E-state index in [4.69, 9.17) is 11.6 Å². The Morgan fingerprint density at radius 2 is 1.74 bits per heavy atom. The van der Waals surface area contributed by atoms with Crippen molar-refractivity contribution in [2.45, 2.75) is 31.3 Å². The van der Waals surface area contributed by atoms with Crippen LogP contribution in [0.5, 0.6) is 0 Å². The Labute approximate surface area is 119 Å². The zero-order chi connectivity index (χ0) is 13.2. The summed E-state index contributed by atoms with van der Waals surface area (Å²) in [5.74, 6) is 0.658. The van der Waals surface area contributed by atoms with Crippen molar-refractivity contribution in [2.24, 2.45) is 0 Å². The summed E-state index contributed by atoms with van der Waals surface area (Å²) in [5.41, 5.74) is 2.62. The summed E-state index contributed by atoms with van der Waals surface area (Å²) >= 11 is 6.24. The zero-order valence-corrected chi connectivity index (χ0v) is 11.8. The smallest absolute Gasteiger partial charge is 0.0453 e. The van der Waals surface area contributed by atoms with E-state index in [0.717, 1.165) is 5.02 Å². The molecule has 3 rings (SSSR count). The molecule has 1 aliphatic carbocycles. The van der Waals surface area contributed by atoms with Crippen LogP contribution >= 0.6 is 11.6 Å². The maximum Gasteiger partial charge on any atom is 0.0453 e. The van der Waals surface area contributed by atoms with Gasteiger partial charge in [-0.2, -0.15) is 0 Å². The second-order valence-electron chi connectivity index (χ2n) is 5.27. The van der Waals surface area contributed by atoms with Gasteiger partial charge in [0.2, 0.25) is 0 Å². The highest BCUT2D eigenvalue weighted by Crippen LogP contribution is 2.42. The van der Waals surface area contributed by atoms with Gasteiger partial charge in [0.05, 0.1) is 0 Å². The number of rotatable bonds is 4. The molecule has 2 aromatic carbocycles. The monoisotopic (exact) mass is 271 g/mol. The van der Waals surface area contributed by atoms with Crippen molar-refractivity contribution >= 4 is 11.6 Å². The van der Waals surface area contributed by atoms with Gasteiger partial charge in [-0.3, -0.25) is 0 Å². The van der Waals surface area contributed by atoms with E-state index >= 15 is 0 Å². The van der Waals surface area contributed by atoms with Gasteiger partial charge in [0.1, 0.15) is 0 Å². The molecule has 3 unspecified atom stereocenters. The average Bonchev–Trinajstić information content (AvgIpc) is 3.19. The molecule has 2 aromatic rings. The van der Waals surface area contributed by atoms with Crippen molar-refractivity contribution in [3.05, 3.63) is 70.7 Å². The summed E-state index contributed by atoms with van der Waals surface area (Å²) in [5, 5.41) is 4.52. The van der Waals surface area contributed by atoms with Crippen LogP contribution in [-0.4, -0.2) is 6.04 Å². The fraction of sp³-hybridized carbons (Fsp3) is 0.294. The molecule has 98 valence electrons. The molecular formula is C17H18ClN. The third kappa shape index (κ3) is 2.83. The largest absolute Gasteiger partial charge is 0.307 e. The van der Waals surface area contributed by atoms with Crippen molar-refractivity contribution in [1.29, 1.82) is 0 Å². The van der Waals surface area contributed by atoms with E-state index in [0.29, 0.717) is 18.0 Å². The van der Waals surface area contributed by atoms with Crippen LogP contribution in [-0.2, 0) is 0 Å². The molecule has 1 fully saturated rings. The second-order valence-corrected chi connectivity index (χ2v) is 5.68. The van der Waals surface area contributed by atoms with Gasteiger partial charge in [-0.15, -0.1) is 0 Å². The van der Waals surface area contributed by atoms with Gasteiger partial charge in [0, 0.05) is 23.0 Å². The van der Waals surface area contributed by atoms with E-state index < -0.39 is 0 Å². The Bertz CT molecular complexity index is 552. The molecule has 0 bridgehead atoms. The Hall–Kier alpha value is -1.31. The van der Waals surface area contributed by atoms with Gasteiger partial charge in [-0.1, -0.05) is 60.1 Å². The molecule has 0 heterocycles. The van der Waals surface area contributed by atoms with Crippen molar-refractivity contribution in [3.8, 4) is 0 Å². The van der Waals surface area contributed by atoms with Crippen molar-refractivity contribution in [2.75, 3.05) is 0 Å². The van der Waals surface area contributed by atoms with Gasteiger partial charge in [0.25, 0.3) is 0 Å². The molecule has 3 atom stereocenters. The molecule has 0 spiro atoms. The summed E-state index contributed by atoms with van der Waals surface area (Å²) in [7, 11) is 0. The number of halogens is 1. The third-order valence-corrected chi connectivity index (χ3v) is 4.20. The highest BCUT2D eigenvalue weighted by atomic mass is 35.5. The minimum atomic E-state index is 0.299. The van der Waals surface area contributed by atoms with Crippen LogP contribution in [0.25, 0.3) is 0 Å². The molecular weight excluding hydrogens is 254 g/mol. The number of hydrogen-bond donors (Lipinski definition) is 1. The SMILES string of the molecule is CC(NC1CC1c1ccccc1)c1ccccc1Cl. The quantitative estimate of drug-likeness (QED) is 0.860. The normalized spacial score (nSPS) is 23.1. The van der Waals surface area contributed by atoms with E-state index in [2.05, 4.69) is 48.6 Å². The van der Waals surface area contributed by atoms with E-state index in [1.165, 1.54) is 17.5 Å². The van der Waals surface area contributed by atoms with Gasteiger partial charge in [0.15, 0.2) is 0 Å². The fourth-order valence-corrected chi connectivity index (χ4v) is 2.98. The molecule has 2 heteroatoms. The van der Waals surface area contributed by atoms with Crippen molar-refractivity contribution in [3.63, 3.8) is 0 Å². The van der Waals surface area contributed by atoms with Crippen molar-refractivity contribution < 1.29 is 0 Å². The Morgan fingerprint density at radius 3 is 2.47 bits per heavy atom. The lowest BCUT2D eigenvalue weighted by molar-refractivity contribution is 0.563. The Kier molecular flexibility index (Phi) is 3.58. The van der Waals surface area contributed by atoms with Gasteiger partial charge in [-0.25, -0.2) is 0 Å². The first-order chi connectivity index (χ1) is 9.25. The van der Waals surface area contributed by atoms with Crippen LogP contribution in [0.4, 0.5) is 0 Å². The molecule has 1 nitrogen and oxygen atoms in total. The topological polar surface area (TPSA) is 12.0 Å². The minimum absolute atomic E-state index is 0.299. The number of benzene rings is 2. The number of hydrogen-bond acceptors (Lipinski definition) is 1. The van der Waals surface area contributed by atoms with Crippen LogP contribution < -0.4 is 5.32 Å². The minimum Gasteiger partial charge on any atom is -0.307 e. The van der Waals surface area contributed by atoms with E-state index in [1.54, 1.807) is 0 Å². The summed E-state index contributed by atoms with van der Waals surface area (Å²) in [6.45, 7) is 2.18. The molecule has 1 aliphatic rings. The molecule has 0 amide bonds. The summed E-state index contributed by atoms with van der Waals surface area (Å²) in [4.78, 5) is 0. The van der Waals surface area contributed by atoms with Gasteiger partial charge < -0.3 is 5.32 Å². The second kappa shape index (κ2) is 5.36. The van der Waals surface area contributed by atoms with Crippen LogP contribution in [0.2, 0.25) is 5.02 Å². The standard InChI is InChI=1S/C17H18ClN/c1-12(14-9-5-6-10-16(14)18)19-17-11-15(17)13-7-3-2-4-8-13/h2-10,12,15,17,19H,11H2,1H3. The lowest BCUT2D eigenvalue weighted by Crippen LogP contribution is -2.22. The summed E-state index contributed by atoms with van der Waals surface area (Å²) in [6, 6.07) is 19.7. The highest BCUT2D eigenvalue weighted by Gasteiger charge is 2.38. The maximum atomic E-state index is 6.24. The molecule has 0 saturated heterocycles. The lowest BCUT2D eigenvalue weighted by Gasteiger charge is -2.15. The molecule has 0 aromatic heterocycles. The summed E-state index contributed by atoms with van der Waals surface area (Å²) < 4.78 is 0. The van der Waals surface area contributed by atoms with Gasteiger partial charge >= 0.3 is 0 Å². The predicted octanol–water partition coefficient (Wildman–Crippen LogP) is 4.55. The van der Waals surface area contributed by atoms with Crippen LogP contribution in [0.15, 0.2) is 54.6 Å². The Balaban J connectivity index is 1.64. The first-order valence-electron chi connectivity index (χ1n) is 6.81. The average molecular weight is 272 g/mol. The summed E-state index contributed by atoms with van der Waals surface area (Å²) in [6.07, 6.45) is 1.22. The first kappa shape index (κ1) is 12.7. The van der Waals surface area contributed by atoms with E-state index in [1.807, 2.05) is 18.2 Å².